The summed E-state index contributed by atoms with van der Waals surface area (Å²) in [6.45, 7) is 6.68. The summed E-state index contributed by atoms with van der Waals surface area (Å²) in [6.07, 6.45) is 0.865. The van der Waals surface area contributed by atoms with E-state index in [1.807, 2.05) is 49.1 Å². The van der Waals surface area contributed by atoms with Crippen molar-refractivity contribution >= 4 is 23.2 Å². The van der Waals surface area contributed by atoms with Crippen LogP contribution in [0, 0.1) is 13.8 Å². The van der Waals surface area contributed by atoms with E-state index in [0.717, 1.165) is 40.8 Å². The highest BCUT2D eigenvalue weighted by Gasteiger charge is 2.25. The van der Waals surface area contributed by atoms with Gasteiger partial charge in [-0.25, -0.2) is 4.98 Å². The minimum atomic E-state index is 0.0719. The third-order valence-corrected chi connectivity index (χ3v) is 5.68. The van der Waals surface area contributed by atoms with Gasteiger partial charge in [0.05, 0.1) is 16.4 Å². The maximum Gasteiger partial charge on any atom is 0.265 e. The quantitative estimate of drug-likeness (QED) is 0.689. The van der Waals surface area contributed by atoms with E-state index in [-0.39, 0.29) is 5.91 Å². The topological polar surface area (TPSA) is 80.0 Å². The number of para-hydroxylation sites is 1. The molecule has 27 heavy (non-hydrogen) atoms. The van der Waals surface area contributed by atoms with Crippen molar-refractivity contribution in [3.8, 4) is 5.69 Å². The van der Waals surface area contributed by atoms with Gasteiger partial charge in [0.25, 0.3) is 5.91 Å². The van der Waals surface area contributed by atoms with Crippen molar-refractivity contribution in [1.29, 1.82) is 0 Å². The summed E-state index contributed by atoms with van der Waals surface area (Å²) in [7, 11) is 0. The Kier molecular flexibility index (Phi) is 4.85. The molecule has 3 heterocycles. The van der Waals surface area contributed by atoms with Crippen LogP contribution in [0.15, 0.2) is 30.3 Å². The average Bonchev–Trinajstić information content (AvgIpc) is 3.21. The first-order valence-corrected chi connectivity index (χ1v) is 9.77. The minimum Gasteiger partial charge on any atom is -0.338 e. The zero-order valence-corrected chi connectivity index (χ0v) is 16.2. The minimum absolute atomic E-state index is 0.0719. The summed E-state index contributed by atoms with van der Waals surface area (Å²) in [5.41, 5.74) is 1.74. The first-order chi connectivity index (χ1) is 13.1. The van der Waals surface area contributed by atoms with Gasteiger partial charge >= 0.3 is 0 Å². The van der Waals surface area contributed by atoms with E-state index >= 15 is 0 Å². The average molecular weight is 383 g/mol. The van der Waals surface area contributed by atoms with E-state index in [9.17, 15) is 4.79 Å². The summed E-state index contributed by atoms with van der Waals surface area (Å²) < 4.78 is 1.74. The van der Waals surface area contributed by atoms with Gasteiger partial charge in [-0.05, 0) is 42.8 Å². The van der Waals surface area contributed by atoms with Gasteiger partial charge in [0, 0.05) is 26.2 Å². The van der Waals surface area contributed by atoms with E-state index in [2.05, 4.69) is 25.4 Å². The molecule has 0 radical (unpaired) electrons. The number of rotatable bonds is 3. The van der Waals surface area contributed by atoms with E-state index in [4.69, 9.17) is 0 Å². The Labute approximate surface area is 161 Å². The summed E-state index contributed by atoms with van der Waals surface area (Å²) in [5, 5.41) is 13.1. The van der Waals surface area contributed by atoms with Crippen LogP contribution in [0.4, 0.5) is 5.95 Å². The Morgan fingerprint density at radius 1 is 1.07 bits per heavy atom. The molecule has 3 aromatic rings. The third kappa shape index (κ3) is 3.55. The first-order valence-electron chi connectivity index (χ1n) is 8.95. The monoisotopic (exact) mass is 383 g/mol. The van der Waals surface area contributed by atoms with E-state index in [1.54, 1.807) is 4.68 Å². The number of hydrogen-bond acceptors (Lipinski definition) is 7. The van der Waals surface area contributed by atoms with Crippen LogP contribution < -0.4 is 4.90 Å². The molecule has 1 aliphatic rings. The van der Waals surface area contributed by atoms with Crippen LogP contribution in [0.25, 0.3) is 5.69 Å². The van der Waals surface area contributed by atoms with Crippen molar-refractivity contribution < 1.29 is 4.79 Å². The fraction of sp³-hybridized carbons (Fsp3) is 0.389. The molecule has 0 N–H and O–H groups in total. The number of aryl methyl sites for hydroxylation is 2. The molecule has 1 aliphatic heterocycles. The van der Waals surface area contributed by atoms with Gasteiger partial charge in [-0.2, -0.15) is 4.68 Å². The van der Waals surface area contributed by atoms with Crippen LogP contribution in [-0.4, -0.2) is 62.2 Å². The Morgan fingerprint density at radius 2 is 1.89 bits per heavy atom. The number of anilines is 1. The number of carbonyl (C=O) groups excluding carboxylic acids is 1. The number of carbonyl (C=O) groups is 1. The lowest BCUT2D eigenvalue weighted by Crippen LogP contribution is -2.35. The van der Waals surface area contributed by atoms with Gasteiger partial charge in [-0.15, -0.1) is 11.3 Å². The largest absolute Gasteiger partial charge is 0.338 e. The maximum absolute atomic E-state index is 12.9. The molecule has 0 atom stereocenters. The van der Waals surface area contributed by atoms with Gasteiger partial charge in [-0.3, -0.25) is 4.79 Å². The molecule has 1 amide bonds. The molecule has 0 aliphatic carbocycles. The lowest BCUT2D eigenvalue weighted by Gasteiger charge is -2.22. The number of thiazole rings is 1. The van der Waals surface area contributed by atoms with E-state index < -0.39 is 0 Å². The van der Waals surface area contributed by atoms with Crippen LogP contribution >= 0.6 is 11.3 Å². The van der Waals surface area contributed by atoms with Crippen molar-refractivity contribution in [2.24, 2.45) is 0 Å². The molecule has 4 rings (SSSR count). The van der Waals surface area contributed by atoms with Gasteiger partial charge < -0.3 is 9.80 Å². The summed E-state index contributed by atoms with van der Waals surface area (Å²) in [5.74, 6) is 0.780. The summed E-state index contributed by atoms with van der Waals surface area (Å²) in [6, 6.07) is 9.84. The van der Waals surface area contributed by atoms with E-state index in [0.29, 0.717) is 19.0 Å². The number of tetrazole rings is 1. The predicted molar refractivity (Wildman–Crippen MR) is 103 cm³/mol. The molecule has 0 saturated carbocycles. The number of nitrogens with zero attached hydrogens (tertiary/aromatic N) is 7. The number of hydrogen-bond donors (Lipinski definition) is 0. The van der Waals surface area contributed by atoms with Crippen molar-refractivity contribution in [1.82, 2.24) is 30.1 Å². The highest BCUT2D eigenvalue weighted by molar-refractivity contribution is 7.13. The molecule has 9 heteroatoms. The molecule has 140 valence electrons. The lowest BCUT2D eigenvalue weighted by molar-refractivity contribution is 0.0771. The molecule has 0 unspecified atom stereocenters. The molecule has 0 bridgehead atoms. The number of benzene rings is 1. The smallest absolute Gasteiger partial charge is 0.265 e. The van der Waals surface area contributed by atoms with Gasteiger partial charge in [-0.1, -0.05) is 23.3 Å². The molecule has 1 saturated heterocycles. The van der Waals surface area contributed by atoms with Gasteiger partial charge in [0.1, 0.15) is 4.88 Å². The van der Waals surface area contributed by atoms with Crippen molar-refractivity contribution in [3.05, 3.63) is 45.9 Å². The highest BCUT2D eigenvalue weighted by atomic mass is 32.1. The standard InChI is InChI=1S/C18H21N7OS/c1-13-16(27-14(2)19-13)17(26)23-9-6-10-24(12-11-23)18-20-21-22-25(18)15-7-4-3-5-8-15/h3-5,7-8H,6,9-12H2,1-2H3. The Balaban J connectivity index is 1.51. The fourth-order valence-corrected chi connectivity index (χ4v) is 4.20. The first kappa shape index (κ1) is 17.6. The SMILES string of the molecule is Cc1nc(C)c(C(=O)N2CCCN(c3nnnn3-c3ccccc3)CC2)s1. The number of aromatic nitrogens is 5. The van der Waals surface area contributed by atoms with Crippen LogP contribution in [0.3, 0.4) is 0 Å². The molecule has 8 nitrogen and oxygen atoms in total. The van der Waals surface area contributed by atoms with Crippen LogP contribution in [0.1, 0.15) is 26.8 Å². The summed E-state index contributed by atoms with van der Waals surface area (Å²) in [4.78, 5) is 22.1. The Bertz CT molecular complexity index is 936. The second-order valence-electron chi connectivity index (χ2n) is 6.51. The molecule has 1 aromatic carbocycles. The normalized spacial score (nSPS) is 15.0. The molecular weight excluding hydrogens is 362 g/mol. The maximum atomic E-state index is 12.9. The van der Waals surface area contributed by atoms with Crippen LogP contribution in [0.5, 0.6) is 0 Å². The van der Waals surface area contributed by atoms with Crippen LogP contribution in [-0.2, 0) is 0 Å². The highest BCUT2D eigenvalue weighted by Crippen LogP contribution is 2.21. The molecule has 2 aromatic heterocycles. The molecule has 1 fully saturated rings. The second-order valence-corrected chi connectivity index (χ2v) is 7.71. The van der Waals surface area contributed by atoms with E-state index in [1.165, 1.54) is 11.3 Å². The number of amides is 1. The van der Waals surface area contributed by atoms with Crippen molar-refractivity contribution in [2.45, 2.75) is 20.3 Å². The Morgan fingerprint density at radius 3 is 2.63 bits per heavy atom. The fourth-order valence-electron chi connectivity index (χ4n) is 3.31. The van der Waals surface area contributed by atoms with Crippen molar-refractivity contribution in [2.75, 3.05) is 31.1 Å². The lowest BCUT2D eigenvalue weighted by atomic mass is 10.3. The Hall–Kier alpha value is -2.81. The molecular formula is C18H21N7OS. The second kappa shape index (κ2) is 7.43. The van der Waals surface area contributed by atoms with Crippen LogP contribution in [0.2, 0.25) is 0 Å². The van der Waals surface area contributed by atoms with Gasteiger partial charge in [0.2, 0.25) is 5.95 Å². The third-order valence-electron chi connectivity index (χ3n) is 4.62. The summed E-state index contributed by atoms with van der Waals surface area (Å²) >= 11 is 1.47. The van der Waals surface area contributed by atoms with Crippen molar-refractivity contribution in [3.63, 3.8) is 0 Å². The molecule has 0 spiro atoms. The predicted octanol–water partition coefficient (Wildman–Crippen LogP) is 2.09. The zero-order chi connectivity index (χ0) is 18.8. The zero-order valence-electron chi connectivity index (χ0n) is 15.4. The van der Waals surface area contributed by atoms with Gasteiger partial charge in [0.15, 0.2) is 0 Å².